The standard InChI is InChI=1S/C9H15N3O3/c1-6-11(2)9(14)12-4-3-10-7(5-12)8(13)15-6/h6-7,10H,3-5H2,1-2H3. The van der Waals surface area contributed by atoms with Gasteiger partial charge in [0.2, 0.25) is 0 Å². The number of piperazine rings is 1. The van der Waals surface area contributed by atoms with Crippen molar-refractivity contribution in [3.63, 3.8) is 0 Å². The molecule has 0 radical (unpaired) electrons. The normalized spacial score (nSPS) is 32.1. The van der Waals surface area contributed by atoms with E-state index in [4.69, 9.17) is 4.74 Å². The van der Waals surface area contributed by atoms with Crippen LogP contribution in [0, 0.1) is 0 Å². The fourth-order valence-corrected chi connectivity index (χ4v) is 1.79. The van der Waals surface area contributed by atoms with E-state index in [0.29, 0.717) is 19.6 Å². The molecule has 1 N–H and O–H groups in total. The summed E-state index contributed by atoms with van der Waals surface area (Å²) in [5.74, 6) is -0.286. The molecule has 2 aliphatic heterocycles. The van der Waals surface area contributed by atoms with E-state index in [1.54, 1.807) is 18.9 Å². The van der Waals surface area contributed by atoms with Gasteiger partial charge in [-0.1, -0.05) is 0 Å². The zero-order valence-corrected chi connectivity index (χ0v) is 8.90. The Morgan fingerprint density at radius 2 is 2.20 bits per heavy atom. The SMILES string of the molecule is CC1OC(=O)C2CN(CCN2)C(=O)N1C. The van der Waals surface area contributed by atoms with Crippen LogP contribution in [0.2, 0.25) is 0 Å². The molecule has 6 nitrogen and oxygen atoms in total. The molecule has 2 fully saturated rings. The van der Waals surface area contributed by atoms with Gasteiger partial charge in [0, 0.05) is 26.7 Å². The first-order chi connectivity index (χ1) is 7.09. The van der Waals surface area contributed by atoms with Crippen LogP contribution in [0.4, 0.5) is 4.79 Å². The third-order valence-electron chi connectivity index (χ3n) is 2.86. The average molecular weight is 213 g/mol. The minimum atomic E-state index is -0.504. The zero-order valence-electron chi connectivity index (χ0n) is 8.90. The van der Waals surface area contributed by atoms with Crippen LogP contribution in [0.1, 0.15) is 6.92 Å². The van der Waals surface area contributed by atoms with E-state index < -0.39 is 6.23 Å². The molecule has 6 heteroatoms. The van der Waals surface area contributed by atoms with Gasteiger partial charge in [0.1, 0.15) is 6.04 Å². The first-order valence-electron chi connectivity index (χ1n) is 5.05. The molecule has 0 saturated carbocycles. The van der Waals surface area contributed by atoms with Crippen molar-refractivity contribution in [2.24, 2.45) is 0 Å². The number of nitrogens with one attached hydrogen (secondary N) is 1. The minimum absolute atomic E-state index is 0.0819. The van der Waals surface area contributed by atoms with Crippen molar-refractivity contribution in [3.8, 4) is 0 Å². The van der Waals surface area contributed by atoms with Crippen molar-refractivity contribution in [2.45, 2.75) is 19.2 Å². The van der Waals surface area contributed by atoms with E-state index in [9.17, 15) is 9.59 Å². The summed E-state index contributed by atoms with van der Waals surface area (Å²) in [5.41, 5.74) is 0. The molecule has 0 aromatic heterocycles. The fraction of sp³-hybridized carbons (Fsp3) is 0.778. The van der Waals surface area contributed by atoms with Gasteiger partial charge < -0.3 is 15.0 Å². The van der Waals surface area contributed by atoms with Gasteiger partial charge in [0.25, 0.3) is 0 Å². The maximum atomic E-state index is 11.9. The smallest absolute Gasteiger partial charge is 0.326 e. The van der Waals surface area contributed by atoms with Gasteiger partial charge in [-0.05, 0) is 6.92 Å². The van der Waals surface area contributed by atoms with Crippen LogP contribution in [-0.2, 0) is 9.53 Å². The van der Waals surface area contributed by atoms with Crippen LogP contribution in [0.3, 0.4) is 0 Å². The number of esters is 1. The van der Waals surface area contributed by atoms with Crippen LogP contribution >= 0.6 is 0 Å². The molecule has 2 rings (SSSR count). The minimum Gasteiger partial charge on any atom is -0.441 e. The number of rotatable bonds is 0. The van der Waals surface area contributed by atoms with Crippen LogP contribution in [0.25, 0.3) is 0 Å². The quantitative estimate of drug-likeness (QED) is 0.536. The first kappa shape index (κ1) is 10.2. The largest absolute Gasteiger partial charge is 0.441 e. The molecule has 2 saturated heterocycles. The number of cyclic esters (lactones) is 1. The maximum absolute atomic E-state index is 11.9. The molecule has 2 amide bonds. The fourth-order valence-electron chi connectivity index (χ4n) is 1.79. The van der Waals surface area contributed by atoms with Crippen molar-refractivity contribution in [3.05, 3.63) is 0 Å². The number of nitrogens with zero attached hydrogens (tertiary/aromatic N) is 2. The van der Waals surface area contributed by atoms with E-state index >= 15 is 0 Å². The molecule has 0 aliphatic carbocycles. The molecule has 0 spiro atoms. The van der Waals surface area contributed by atoms with E-state index in [-0.39, 0.29) is 18.0 Å². The Morgan fingerprint density at radius 3 is 2.93 bits per heavy atom. The van der Waals surface area contributed by atoms with E-state index in [1.165, 1.54) is 4.90 Å². The highest BCUT2D eigenvalue weighted by atomic mass is 16.6. The highest BCUT2D eigenvalue weighted by molar-refractivity contribution is 5.81. The number of amides is 2. The van der Waals surface area contributed by atoms with Crippen LogP contribution in [-0.4, -0.2) is 60.8 Å². The molecule has 2 unspecified atom stereocenters. The summed E-state index contributed by atoms with van der Waals surface area (Å²) in [6, 6.07) is -0.458. The molecule has 0 aromatic rings. The van der Waals surface area contributed by atoms with E-state index in [0.717, 1.165) is 0 Å². The Kier molecular flexibility index (Phi) is 2.52. The third-order valence-corrected chi connectivity index (χ3v) is 2.86. The lowest BCUT2D eigenvalue weighted by Crippen LogP contribution is -2.62. The molecule has 84 valence electrons. The summed E-state index contributed by atoms with van der Waals surface area (Å²) >= 11 is 0. The number of hydrogen-bond donors (Lipinski definition) is 1. The average Bonchev–Trinajstić information content (AvgIpc) is 2.26. The van der Waals surface area contributed by atoms with E-state index in [2.05, 4.69) is 5.32 Å². The Balaban J connectivity index is 2.21. The number of urea groups is 1. The monoisotopic (exact) mass is 213 g/mol. The highest BCUT2D eigenvalue weighted by Crippen LogP contribution is 2.12. The summed E-state index contributed by atoms with van der Waals surface area (Å²) < 4.78 is 5.14. The van der Waals surface area contributed by atoms with Crippen molar-refractivity contribution < 1.29 is 14.3 Å². The van der Waals surface area contributed by atoms with Gasteiger partial charge in [0.15, 0.2) is 6.23 Å². The second kappa shape index (κ2) is 3.69. The highest BCUT2D eigenvalue weighted by Gasteiger charge is 2.35. The van der Waals surface area contributed by atoms with Gasteiger partial charge in [-0.3, -0.25) is 9.69 Å². The summed E-state index contributed by atoms with van der Waals surface area (Å²) in [6.07, 6.45) is -0.504. The lowest BCUT2D eigenvalue weighted by Gasteiger charge is -2.39. The summed E-state index contributed by atoms with van der Waals surface area (Å²) in [6.45, 7) is 3.36. The number of carbonyl (C=O) groups is 2. The topological polar surface area (TPSA) is 61.9 Å². The summed E-state index contributed by atoms with van der Waals surface area (Å²) in [5, 5.41) is 3.04. The molecule has 2 aliphatic rings. The van der Waals surface area contributed by atoms with Gasteiger partial charge in [-0.25, -0.2) is 4.79 Å². The summed E-state index contributed by atoms with van der Waals surface area (Å²) in [7, 11) is 1.64. The lowest BCUT2D eigenvalue weighted by molar-refractivity contribution is -0.160. The Bertz CT molecular complexity index is 294. The predicted molar refractivity (Wildman–Crippen MR) is 52.1 cm³/mol. The van der Waals surface area contributed by atoms with Crippen molar-refractivity contribution in [1.29, 1.82) is 0 Å². The zero-order chi connectivity index (χ0) is 11.0. The molecule has 2 bridgehead atoms. The summed E-state index contributed by atoms with van der Waals surface area (Å²) in [4.78, 5) is 26.6. The molecule has 15 heavy (non-hydrogen) atoms. The second-order valence-corrected chi connectivity index (χ2v) is 3.88. The number of hydrogen-bond acceptors (Lipinski definition) is 4. The second-order valence-electron chi connectivity index (χ2n) is 3.88. The number of fused-ring (bicyclic) bond motifs is 2. The van der Waals surface area contributed by atoms with Gasteiger partial charge in [-0.15, -0.1) is 0 Å². The van der Waals surface area contributed by atoms with Crippen molar-refractivity contribution in [2.75, 3.05) is 26.7 Å². The van der Waals surface area contributed by atoms with Crippen LogP contribution in [0.5, 0.6) is 0 Å². The molecule has 2 heterocycles. The maximum Gasteiger partial charge on any atom is 0.326 e. The van der Waals surface area contributed by atoms with Gasteiger partial charge in [0.05, 0.1) is 0 Å². The van der Waals surface area contributed by atoms with Gasteiger partial charge in [-0.2, -0.15) is 0 Å². The van der Waals surface area contributed by atoms with Crippen molar-refractivity contribution >= 4 is 12.0 Å². The predicted octanol–water partition coefficient (Wildman–Crippen LogP) is -0.785. The number of ether oxygens (including phenoxy) is 1. The molecule has 2 atom stereocenters. The first-order valence-corrected chi connectivity index (χ1v) is 5.05. The number of carbonyl (C=O) groups excluding carboxylic acids is 2. The van der Waals surface area contributed by atoms with Gasteiger partial charge >= 0.3 is 12.0 Å². The van der Waals surface area contributed by atoms with Crippen LogP contribution in [0.15, 0.2) is 0 Å². The Morgan fingerprint density at radius 1 is 1.47 bits per heavy atom. The van der Waals surface area contributed by atoms with Crippen LogP contribution < -0.4 is 5.32 Å². The molecule has 0 aromatic carbocycles. The third kappa shape index (κ3) is 1.77. The molecular formula is C9H15N3O3. The lowest BCUT2D eigenvalue weighted by atomic mass is 10.2. The Labute approximate surface area is 88.2 Å². The molecular weight excluding hydrogens is 198 g/mol. The Hall–Kier alpha value is -1.30. The van der Waals surface area contributed by atoms with Crippen molar-refractivity contribution in [1.82, 2.24) is 15.1 Å². The van der Waals surface area contributed by atoms with E-state index in [1.807, 2.05) is 0 Å².